The lowest BCUT2D eigenvalue weighted by Gasteiger charge is -2.28. The van der Waals surface area contributed by atoms with Gasteiger partial charge in [0.1, 0.15) is 0 Å². The van der Waals surface area contributed by atoms with E-state index in [1.54, 1.807) is 0 Å². The summed E-state index contributed by atoms with van der Waals surface area (Å²) in [6.45, 7) is 2.73. The Bertz CT molecular complexity index is 350. The van der Waals surface area contributed by atoms with Gasteiger partial charge in [0.05, 0.1) is 6.10 Å². The van der Waals surface area contributed by atoms with Crippen molar-refractivity contribution in [1.82, 2.24) is 0 Å². The Morgan fingerprint density at radius 3 is 2.87 bits per heavy atom. The van der Waals surface area contributed by atoms with Crippen molar-refractivity contribution in [3.8, 4) is 0 Å². The van der Waals surface area contributed by atoms with Crippen molar-refractivity contribution in [1.29, 1.82) is 0 Å². The summed E-state index contributed by atoms with van der Waals surface area (Å²) in [5.41, 5.74) is 8.48. The van der Waals surface area contributed by atoms with Crippen LogP contribution in [0.5, 0.6) is 0 Å². The summed E-state index contributed by atoms with van der Waals surface area (Å²) in [4.78, 5) is 0. The van der Waals surface area contributed by atoms with Crippen molar-refractivity contribution in [2.24, 2.45) is 5.73 Å². The fourth-order valence-corrected chi connectivity index (χ4v) is 2.64. The SMILES string of the molecule is Cc1cccc(C2(CN)CCC(O)C2)c1. The number of aliphatic hydroxyl groups excluding tert-OH is 1. The molecule has 3 N–H and O–H groups in total. The molecule has 2 atom stereocenters. The zero-order valence-corrected chi connectivity index (χ0v) is 9.24. The number of hydrogen-bond acceptors (Lipinski definition) is 2. The first-order chi connectivity index (χ1) is 7.16. The van der Waals surface area contributed by atoms with Crippen LogP contribution in [0.1, 0.15) is 30.4 Å². The van der Waals surface area contributed by atoms with Crippen LogP contribution < -0.4 is 5.73 Å². The third-order valence-electron chi connectivity index (χ3n) is 3.60. The van der Waals surface area contributed by atoms with E-state index in [0.29, 0.717) is 6.54 Å². The molecule has 15 heavy (non-hydrogen) atoms. The minimum atomic E-state index is -0.172. The van der Waals surface area contributed by atoms with Crippen molar-refractivity contribution in [2.75, 3.05) is 6.54 Å². The van der Waals surface area contributed by atoms with Crippen LogP contribution in [0.2, 0.25) is 0 Å². The standard InChI is InChI=1S/C13H19NO/c1-10-3-2-4-11(7-10)13(9-14)6-5-12(15)8-13/h2-4,7,12,15H,5-6,8-9,14H2,1H3. The smallest absolute Gasteiger partial charge is 0.0549 e. The summed E-state index contributed by atoms with van der Waals surface area (Å²) >= 11 is 0. The van der Waals surface area contributed by atoms with E-state index >= 15 is 0 Å². The molecule has 1 saturated carbocycles. The van der Waals surface area contributed by atoms with Crippen LogP contribution in [0.15, 0.2) is 24.3 Å². The van der Waals surface area contributed by atoms with Crippen molar-refractivity contribution in [3.05, 3.63) is 35.4 Å². The van der Waals surface area contributed by atoms with E-state index < -0.39 is 0 Å². The summed E-state index contributed by atoms with van der Waals surface area (Å²) in [6, 6.07) is 8.51. The summed E-state index contributed by atoms with van der Waals surface area (Å²) in [6.07, 6.45) is 2.53. The lowest BCUT2D eigenvalue weighted by atomic mass is 9.78. The number of nitrogens with two attached hydrogens (primary N) is 1. The molecule has 1 aliphatic carbocycles. The molecular weight excluding hydrogens is 186 g/mol. The number of aliphatic hydroxyl groups is 1. The summed E-state index contributed by atoms with van der Waals surface area (Å²) < 4.78 is 0. The molecule has 0 amide bonds. The van der Waals surface area contributed by atoms with Crippen LogP contribution >= 0.6 is 0 Å². The van der Waals surface area contributed by atoms with Crippen molar-refractivity contribution >= 4 is 0 Å². The van der Waals surface area contributed by atoms with Crippen molar-refractivity contribution in [2.45, 2.75) is 37.7 Å². The Kier molecular flexibility index (Phi) is 2.81. The molecule has 2 heteroatoms. The third-order valence-corrected chi connectivity index (χ3v) is 3.60. The summed E-state index contributed by atoms with van der Waals surface area (Å²) in [5, 5.41) is 9.67. The fourth-order valence-electron chi connectivity index (χ4n) is 2.64. The molecule has 1 aromatic rings. The van der Waals surface area contributed by atoms with Crippen LogP contribution in [0.4, 0.5) is 0 Å². The minimum Gasteiger partial charge on any atom is -0.393 e. The highest BCUT2D eigenvalue weighted by atomic mass is 16.3. The zero-order valence-electron chi connectivity index (χ0n) is 9.24. The molecule has 1 aliphatic rings. The molecule has 2 rings (SSSR count). The van der Waals surface area contributed by atoms with Gasteiger partial charge in [-0.15, -0.1) is 0 Å². The van der Waals surface area contributed by atoms with E-state index in [-0.39, 0.29) is 11.5 Å². The summed E-state index contributed by atoms with van der Waals surface area (Å²) in [7, 11) is 0. The average Bonchev–Trinajstić information content (AvgIpc) is 2.61. The van der Waals surface area contributed by atoms with Crippen molar-refractivity contribution in [3.63, 3.8) is 0 Å². The lowest BCUT2D eigenvalue weighted by molar-refractivity contribution is 0.174. The molecule has 0 radical (unpaired) electrons. The highest BCUT2D eigenvalue weighted by molar-refractivity contribution is 5.31. The van der Waals surface area contributed by atoms with E-state index in [1.807, 2.05) is 0 Å². The fraction of sp³-hybridized carbons (Fsp3) is 0.538. The van der Waals surface area contributed by atoms with Gasteiger partial charge in [0.25, 0.3) is 0 Å². The highest BCUT2D eigenvalue weighted by Gasteiger charge is 2.38. The van der Waals surface area contributed by atoms with Crippen molar-refractivity contribution < 1.29 is 5.11 Å². The first-order valence-electron chi connectivity index (χ1n) is 5.61. The molecule has 1 fully saturated rings. The van der Waals surface area contributed by atoms with Crippen LogP contribution in [-0.4, -0.2) is 17.8 Å². The Labute approximate surface area is 91.1 Å². The van der Waals surface area contributed by atoms with Gasteiger partial charge in [-0.25, -0.2) is 0 Å². The van der Waals surface area contributed by atoms with Crippen LogP contribution in [0.25, 0.3) is 0 Å². The number of hydrogen-bond donors (Lipinski definition) is 2. The molecule has 0 spiro atoms. The van der Waals surface area contributed by atoms with Gasteiger partial charge in [0.15, 0.2) is 0 Å². The summed E-state index contributed by atoms with van der Waals surface area (Å²) in [5.74, 6) is 0. The van der Waals surface area contributed by atoms with E-state index in [0.717, 1.165) is 19.3 Å². The van der Waals surface area contributed by atoms with Gasteiger partial charge >= 0.3 is 0 Å². The van der Waals surface area contributed by atoms with Gasteiger partial charge in [-0.2, -0.15) is 0 Å². The maximum atomic E-state index is 9.67. The van der Waals surface area contributed by atoms with Gasteiger partial charge in [-0.3, -0.25) is 0 Å². The monoisotopic (exact) mass is 205 g/mol. The molecule has 0 bridgehead atoms. The molecule has 0 aliphatic heterocycles. The predicted octanol–water partition coefficient (Wildman–Crippen LogP) is 1.74. The quantitative estimate of drug-likeness (QED) is 0.772. The first kappa shape index (κ1) is 10.7. The van der Waals surface area contributed by atoms with E-state index in [1.165, 1.54) is 11.1 Å². The molecule has 82 valence electrons. The second-order valence-electron chi connectivity index (χ2n) is 4.75. The normalized spacial score (nSPS) is 30.7. The van der Waals surface area contributed by atoms with E-state index in [4.69, 9.17) is 5.73 Å². The maximum Gasteiger partial charge on any atom is 0.0549 e. The van der Waals surface area contributed by atoms with Gasteiger partial charge in [-0.05, 0) is 31.7 Å². The highest BCUT2D eigenvalue weighted by Crippen LogP contribution is 2.40. The van der Waals surface area contributed by atoms with Crippen LogP contribution in [0, 0.1) is 6.92 Å². The van der Waals surface area contributed by atoms with Gasteiger partial charge in [-0.1, -0.05) is 29.8 Å². The maximum absolute atomic E-state index is 9.67. The largest absolute Gasteiger partial charge is 0.393 e. The molecule has 0 aromatic heterocycles. The number of rotatable bonds is 2. The van der Waals surface area contributed by atoms with E-state index in [9.17, 15) is 5.11 Å². The number of aryl methyl sites for hydroxylation is 1. The van der Waals surface area contributed by atoms with Gasteiger partial charge < -0.3 is 10.8 Å². The molecule has 2 nitrogen and oxygen atoms in total. The van der Waals surface area contributed by atoms with Crippen LogP contribution in [0.3, 0.4) is 0 Å². The molecule has 1 aromatic carbocycles. The molecule has 2 unspecified atom stereocenters. The van der Waals surface area contributed by atoms with Gasteiger partial charge in [0, 0.05) is 12.0 Å². The second-order valence-corrected chi connectivity index (χ2v) is 4.75. The molecular formula is C13H19NO. The Morgan fingerprint density at radius 1 is 1.53 bits per heavy atom. The second kappa shape index (κ2) is 3.95. The minimum absolute atomic E-state index is 0.0193. The predicted molar refractivity (Wildman–Crippen MR) is 61.8 cm³/mol. The Morgan fingerprint density at radius 2 is 2.33 bits per heavy atom. The first-order valence-corrected chi connectivity index (χ1v) is 5.61. The molecule has 0 saturated heterocycles. The Balaban J connectivity index is 2.34. The van der Waals surface area contributed by atoms with E-state index in [2.05, 4.69) is 31.2 Å². The zero-order chi connectivity index (χ0) is 10.9. The van der Waals surface area contributed by atoms with Gasteiger partial charge in [0.2, 0.25) is 0 Å². The van der Waals surface area contributed by atoms with Crippen LogP contribution in [-0.2, 0) is 5.41 Å². The number of benzene rings is 1. The lowest BCUT2D eigenvalue weighted by Crippen LogP contribution is -2.33. The topological polar surface area (TPSA) is 46.2 Å². The average molecular weight is 205 g/mol. The third kappa shape index (κ3) is 1.92. The Hall–Kier alpha value is -0.860. The molecule has 0 heterocycles.